The molecule has 2 atom stereocenters. The third-order valence-corrected chi connectivity index (χ3v) is 3.50. The summed E-state index contributed by atoms with van der Waals surface area (Å²) in [6.07, 6.45) is 0. The summed E-state index contributed by atoms with van der Waals surface area (Å²) >= 11 is 0. The maximum absolute atomic E-state index is 9.45. The van der Waals surface area contributed by atoms with Gasteiger partial charge in [-0.05, 0) is 25.0 Å². The molecule has 106 valence electrons. The molecule has 4 nitrogen and oxygen atoms in total. The predicted octanol–water partition coefficient (Wildman–Crippen LogP) is 2.48. The fourth-order valence-corrected chi connectivity index (χ4v) is 2.27. The summed E-state index contributed by atoms with van der Waals surface area (Å²) in [6.45, 7) is 8.42. The van der Waals surface area contributed by atoms with Gasteiger partial charge >= 0.3 is 0 Å². The summed E-state index contributed by atoms with van der Waals surface area (Å²) < 4.78 is 11.1. The number of rotatable bonds is 6. The Morgan fingerprint density at radius 3 is 2.95 bits per heavy atom. The van der Waals surface area contributed by atoms with Crippen molar-refractivity contribution < 1.29 is 14.6 Å². The average Bonchev–Trinajstić information content (AvgIpc) is 2.76. The number of nitrogens with one attached hydrogen (secondary N) is 1. The van der Waals surface area contributed by atoms with Crippen LogP contribution in [0.4, 0.5) is 0 Å². The Morgan fingerprint density at radius 2 is 2.26 bits per heavy atom. The Morgan fingerprint density at radius 1 is 1.47 bits per heavy atom. The lowest BCUT2D eigenvalue weighted by atomic mass is 10.0. The van der Waals surface area contributed by atoms with Crippen molar-refractivity contribution in [3.63, 3.8) is 0 Å². The first-order valence-corrected chi connectivity index (χ1v) is 6.91. The van der Waals surface area contributed by atoms with Gasteiger partial charge in [-0.25, -0.2) is 0 Å². The van der Waals surface area contributed by atoms with E-state index in [1.807, 2.05) is 13.0 Å². The normalized spacial score (nSPS) is 19.3. The third kappa shape index (κ3) is 3.39. The average molecular weight is 265 g/mol. The van der Waals surface area contributed by atoms with Crippen LogP contribution in [0.15, 0.2) is 18.2 Å². The highest BCUT2D eigenvalue weighted by molar-refractivity contribution is 5.44. The van der Waals surface area contributed by atoms with Crippen molar-refractivity contribution in [2.45, 2.75) is 32.9 Å². The van der Waals surface area contributed by atoms with E-state index in [4.69, 9.17) is 9.47 Å². The van der Waals surface area contributed by atoms with E-state index in [9.17, 15) is 5.11 Å². The SMILES string of the molecule is CCOCC(NC1COc2cc(O)ccc21)C(C)C. The molecule has 2 N–H and O–H groups in total. The second-order valence-corrected chi connectivity index (χ2v) is 5.26. The number of benzene rings is 1. The van der Waals surface area contributed by atoms with Crippen molar-refractivity contribution in [3.05, 3.63) is 23.8 Å². The zero-order valence-electron chi connectivity index (χ0n) is 11.8. The monoisotopic (exact) mass is 265 g/mol. The van der Waals surface area contributed by atoms with E-state index in [0.717, 1.165) is 17.9 Å². The van der Waals surface area contributed by atoms with Gasteiger partial charge in [0.2, 0.25) is 0 Å². The molecule has 2 unspecified atom stereocenters. The Balaban J connectivity index is 2.04. The highest BCUT2D eigenvalue weighted by Crippen LogP contribution is 2.35. The zero-order valence-corrected chi connectivity index (χ0v) is 11.8. The van der Waals surface area contributed by atoms with Crippen molar-refractivity contribution >= 4 is 0 Å². The first-order chi connectivity index (χ1) is 9.11. The van der Waals surface area contributed by atoms with E-state index >= 15 is 0 Å². The summed E-state index contributed by atoms with van der Waals surface area (Å²) in [5.41, 5.74) is 1.11. The molecule has 4 heteroatoms. The van der Waals surface area contributed by atoms with Gasteiger partial charge in [0.25, 0.3) is 0 Å². The summed E-state index contributed by atoms with van der Waals surface area (Å²) in [4.78, 5) is 0. The molecule has 2 rings (SSSR count). The standard InChI is InChI=1S/C15H23NO3/c1-4-18-8-13(10(2)3)16-14-9-19-15-7-11(17)5-6-12(14)15/h5-7,10,13-14,16-17H,4,8-9H2,1-3H3. The van der Waals surface area contributed by atoms with Gasteiger partial charge in [0.1, 0.15) is 18.1 Å². The molecule has 1 aromatic carbocycles. The van der Waals surface area contributed by atoms with E-state index < -0.39 is 0 Å². The molecular weight excluding hydrogens is 242 g/mol. The van der Waals surface area contributed by atoms with E-state index in [1.165, 1.54) is 0 Å². The summed E-state index contributed by atoms with van der Waals surface area (Å²) in [5, 5.41) is 13.0. The van der Waals surface area contributed by atoms with Crippen molar-refractivity contribution in [1.82, 2.24) is 5.32 Å². The zero-order chi connectivity index (χ0) is 13.8. The number of hydrogen-bond donors (Lipinski definition) is 2. The smallest absolute Gasteiger partial charge is 0.127 e. The van der Waals surface area contributed by atoms with Gasteiger partial charge in [-0.1, -0.05) is 13.8 Å². The Bertz CT molecular complexity index is 420. The number of phenolic OH excluding ortho intramolecular Hbond substituents is 1. The van der Waals surface area contributed by atoms with Crippen LogP contribution in [0.1, 0.15) is 32.4 Å². The van der Waals surface area contributed by atoms with Crippen LogP contribution in [0.3, 0.4) is 0 Å². The summed E-state index contributed by atoms with van der Waals surface area (Å²) in [7, 11) is 0. The molecule has 0 spiro atoms. The fraction of sp³-hybridized carbons (Fsp3) is 0.600. The lowest BCUT2D eigenvalue weighted by Crippen LogP contribution is -2.40. The van der Waals surface area contributed by atoms with Crippen LogP contribution < -0.4 is 10.1 Å². The maximum Gasteiger partial charge on any atom is 0.127 e. The molecule has 0 saturated heterocycles. The van der Waals surface area contributed by atoms with Crippen LogP contribution >= 0.6 is 0 Å². The topological polar surface area (TPSA) is 50.7 Å². The first-order valence-electron chi connectivity index (χ1n) is 6.91. The van der Waals surface area contributed by atoms with Crippen LogP contribution in [0.2, 0.25) is 0 Å². The molecule has 0 radical (unpaired) electrons. The molecule has 0 amide bonds. The number of phenols is 1. The minimum Gasteiger partial charge on any atom is -0.508 e. The highest BCUT2D eigenvalue weighted by Gasteiger charge is 2.27. The van der Waals surface area contributed by atoms with Gasteiger partial charge in [-0.3, -0.25) is 0 Å². The number of aromatic hydroxyl groups is 1. The third-order valence-electron chi connectivity index (χ3n) is 3.50. The van der Waals surface area contributed by atoms with Gasteiger partial charge in [-0.15, -0.1) is 0 Å². The lowest BCUT2D eigenvalue weighted by molar-refractivity contribution is 0.101. The fourth-order valence-electron chi connectivity index (χ4n) is 2.27. The second-order valence-electron chi connectivity index (χ2n) is 5.26. The molecule has 1 aliphatic rings. The van der Waals surface area contributed by atoms with Crippen molar-refractivity contribution in [1.29, 1.82) is 0 Å². The number of fused-ring (bicyclic) bond motifs is 1. The predicted molar refractivity (Wildman–Crippen MR) is 74.6 cm³/mol. The molecule has 1 aromatic rings. The van der Waals surface area contributed by atoms with Crippen LogP contribution in [0.5, 0.6) is 11.5 Å². The Labute approximate surface area is 114 Å². The molecule has 0 fully saturated rings. The van der Waals surface area contributed by atoms with Crippen molar-refractivity contribution in [2.24, 2.45) is 5.92 Å². The molecule has 0 bridgehead atoms. The summed E-state index contributed by atoms with van der Waals surface area (Å²) in [6, 6.07) is 5.77. The Hall–Kier alpha value is -1.26. The van der Waals surface area contributed by atoms with Gasteiger partial charge in [-0.2, -0.15) is 0 Å². The second kappa shape index (κ2) is 6.26. The molecular formula is C15H23NO3. The first kappa shape index (κ1) is 14.2. The van der Waals surface area contributed by atoms with Gasteiger partial charge in [0, 0.05) is 24.3 Å². The molecule has 0 aromatic heterocycles. The molecule has 0 aliphatic carbocycles. The van der Waals surface area contributed by atoms with E-state index in [2.05, 4.69) is 19.2 Å². The van der Waals surface area contributed by atoms with Gasteiger partial charge < -0.3 is 19.9 Å². The quantitative estimate of drug-likeness (QED) is 0.829. The van der Waals surface area contributed by atoms with Gasteiger partial charge in [0.15, 0.2) is 0 Å². The van der Waals surface area contributed by atoms with Gasteiger partial charge in [0.05, 0.1) is 12.6 Å². The minimum atomic E-state index is 0.170. The number of hydrogen-bond acceptors (Lipinski definition) is 4. The van der Waals surface area contributed by atoms with E-state index in [1.54, 1.807) is 12.1 Å². The largest absolute Gasteiger partial charge is 0.508 e. The van der Waals surface area contributed by atoms with Crippen LogP contribution in [0.25, 0.3) is 0 Å². The summed E-state index contributed by atoms with van der Waals surface area (Å²) in [5.74, 6) is 1.51. The van der Waals surface area contributed by atoms with Crippen LogP contribution in [-0.2, 0) is 4.74 Å². The lowest BCUT2D eigenvalue weighted by Gasteiger charge is -2.25. The Kier molecular flexibility index (Phi) is 4.66. The minimum absolute atomic E-state index is 0.170. The highest BCUT2D eigenvalue weighted by atomic mass is 16.5. The maximum atomic E-state index is 9.45. The van der Waals surface area contributed by atoms with Crippen molar-refractivity contribution in [3.8, 4) is 11.5 Å². The molecule has 19 heavy (non-hydrogen) atoms. The van der Waals surface area contributed by atoms with E-state index in [0.29, 0.717) is 25.2 Å². The van der Waals surface area contributed by atoms with Crippen LogP contribution in [0, 0.1) is 5.92 Å². The molecule has 1 aliphatic heterocycles. The van der Waals surface area contributed by atoms with E-state index in [-0.39, 0.29) is 11.8 Å². The van der Waals surface area contributed by atoms with Crippen molar-refractivity contribution in [2.75, 3.05) is 19.8 Å². The molecule has 0 saturated carbocycles. The molecule has 1 heterocycles. The number of ether oxygens (including phenoxy) is 2. The van der Waals surface area contributed by atoms with Crippen LogP contribution in [-0.4, -0.2) is 31.0 Å².